The third-order valence-corrected chi connectivity index (χ3v) is 4.00. The standard InChI is InChI=1S/C15H19N3O3/c1-10-5-6-16-13(10)14(19)17-11-3-2-4-12(9-11)18-7-8-21-15(18)20/h2-4,9-10,13,16H,5-8H2,1H3,(H,17,19). The number of hydrogen-bond donors (Lipinski definition) is 2. The maximum absolute atomic E-state index is 12.2. The molecule has 0 saturated carbocycles. The normalized spacial score (nSPS) is 25.0. The molecule has 2 aliphatic rings. The summed E-state index contributed by atoms with van der Waals surface area (Å²) in [6.45, 7) is 3.89. The van der Waals surface area contributed by atoms with Gasteiger partial charge in [0.15, 0.2) is 0 Å². The lowest BCUT2D eigenvalue weighted by Gasteiger charge is -2.17. The molecule has 0 aromatic heterocycles. The lowest BCUT2D eigenvalue weighted by Crippen LogP contribution is -2.39. The van der Waals surface area contributed by atoms with Gasteiger partial charge in [-0.25, -0.2) is 4.79 Å². The van der Waals surface area contributed by atoms with Gasteiger partial charge in [-0.05, 0) is 37.1 Å². The monoisotopic (exact) mass is 289 g/mol. The molecule has 2 unspecified atom stereocenters. The summed E-state index contributed by atoms with van der Waals surface area (Å²) in [7, 11) is 0. The highest BCUT2D eigenvalue weighted by Gasteiger charge is 2.29. The molecule has 2 amide bonds. The maximum Gasteiger partial charge on any atom is 0.414 e. The predicted octanol–water partition coefficient (Wildman–Crippen LogP) is 1.58. The predicted molar refractivity (Wildman–Crippen MR) is 79.3 cm³/mol. The number of ether oxygens (including phenoxy) is 1. The number of nitrogens with zero attached hydrogens (tertiary/aromatic N) is 1. The molecule has 2 saturated heterocycles. The van der Waals surface area contributed by atoms with E-state index in [9.17, 15) is 9.59 Å². The fraction of sp³-hybridized carbons (Fsp3) is 0.467. The van der Waals surface area contributed by atoms with Gasteiger partial charge in [0.25, 0.3) is 0 Å². The van der Waals surface area contributed by atoms with Crippen LogP contribution in [0.4, 0.5) is 16.2 Å². The van der Waals surface area contributed by atoms with Crippen LogP contribution in [0.15, 0.2) is 24.3 Å². The minimum atomic E-state index is -0.343. The van der Waals surface area contributed by atoms with E-state index in [2.05, 4.69) is 17.6 Å². The molecule has 2 atom stereocenters. The molecule has 6 heteroatoms. The Morgan fingerprint density at radius 2 is 2.33 bits per heavy atom. The first-order valence-electron chi connectivity index (χ1n) is 7.24. The van der Waals surface area contributed by atoms with E-state index in [1.54, 1.807) is 11.0 Å². The molecule has 1 aromatic rings. The van der Waals surface area contributed by atoms with Crippen molar-refractivity contribution in [1.82, 2.24) is 5.32 Å². The van der Waals surface area contributed by atoms with E-state index in [1.807, 2.05) is 18.2 Å². The van der Waals surface area contributed by atoms with Crippen LogP contribution in [-0.4, -0.2) is 37.7 Å². The van der Waals surface area contributed by atoms with Crippen LogP contribution in [0, 0.1) is 5.92 Å². The van der Waals surface area contributed by atoms with E-state index in [0.717, 1.165) is 18.7 Å². The smallest absolute Gasteiger partial charge is 0.414 e. The summed E-state index contributed by atoms with van der Waals surface area (Å²) in [6, 6.07) is 7.12. The first kappa shape index (κ1) is 13.9. The number of carbonyl (C=O) groups is 2. The zero-order valence-electron chi connectivity index (χ0n) is 12.0. The summed E-state index contributed by atoms with van der Waals surface area (Å²) in [5, 5.41) is 6.12. The Morgan fingerprint density at radius 1 is 1.48 bits per heavy atom. The van der Waals surface area contributed by atoms with Gasteiger partial charge in [-0.15, -0.1) is 0 Å². The molecule has 2 fully saturated rings. The second kappa shape index (κ2) is 5.73. The number of benzene rings is 1. The van der Waals surface area contributed by atoms with Crippen LogP contribution in [-0.2, 0) is 9.53 Å². The first-order valence-corrected chi connectivity index (χ1v) is 7.24. The van der Waals surface area contributed by atoms with Gasteiger partial charge in [0, 0.05) is 11.4 Å². The van der Waals surface area contributed by atoms with E-state index >= 15 is 0 Å². The maximum atomic E-state index is 12.2. The summed E-state index contributed by atoms with van der Waals surface area (Å²) in [4.78, 5) is 25.4. The van der Waals surface area contributed by atoms with E-state index in [0.29, 0.717) is 24.8 Å². The molecular formula is C15H19N3O3. The van der Waals surface area contributed by atoms with Crippen molar-refractivity contribution in [3.8, 4) is 0 Å². The Bertz CT molecular complexity index is 561. The van der Waals surface area contributed by atoms with Crippen molar-refractivity contribution >= 4 is 23.4 Å². The Hall–Kier alpha value is -2.08. The number of cyclic esters (lactones) is 1. The molecule has 3 rings (SSSR count). The minimum Gasteiger partial charge on any atom is -0.447 e. The average molecular weight is 289 g/mol. The molecule has 2 aliphatic heterocycles. The van der Waals surface area contributed by atoms with Crippen LogP contribution >= 0.6 is 0 Å². The van der Waals surface area contributed by atoms with Crippen LogP contribution < -0.4 is 15.5 Å². The Balaban J connectivity index is 1.71. The topological polar surface area (TPSA) is 70.7 Å². The molecule has 0 aliphatic carbocycles. The van der Waals surface area contributed by atoms with Crippen LogP contribution in [0.25, 0.3) is 0 Å². The SMILES string of the molecule is CC1CCNC1C(=O)Nc1cccc(N2CCOC2=O)c1. The number of nitrogens with one attached hydrogen (secondary N) is 2. The van der Waals surface area contributed by atoms with E-state index in [-0.39, 0.29) is 18.0 Å². The highest BCUT2D eigenvalue weighted by atomic mass is 16.6. The van der Waals surface area contributed by atoms with Crippen LogP contribution in [0.3, 0.4) is 0 Å². The minimum absolute atomic E-state index is 0.0267. The number of carbonyl (C=O) groups excluding carboxylic acids is 2. The number of anilines is 2. The lowest BCUT2D eigenvalue weighted by atomic mass is 10.0. The third kappa shape index (κ3) is 2.85. The molecule has 0 spiro atoms. The van der Waals surface area contributed by atoms with Gasteiger partial charge in [-0.3, -0.25) is 9.69 Å². The Morgan fingerprint density at radius 3 is 3.00 bits per heavy atom. The summed E-state index contributed by atoms with van der Waals surface area (Å²) in [6.07, 6.45) is 0.669. The highest BCUT2D eigenvalue weighted by molar-refractivity contribution is 5.96. The second-order valence-electron chi connectivity index (χ2n) is 5.50. The molecule has 21 heavy (non-hydrogen) atoms. The van der Waals surface area contributed by atoms with E-state index < -0.39 is 0 Å². The highest BCUT2D eigenvalue weighted by Crippen LogP contribution is 2.23. The molecule has 112 valence electrons. The van der Waals surface area contributed by atoms with Crippen LogP contribution in [0.1, 0.15) is 13.3 Å². The van der Waals surface area contributed by atoms with Crippen LogP contribution in [0.5, 0.6) is 0 Å². The zero-order valence-corrected chi connectivity index (χ0v) is 12.0. The van der Waals surface area contributed by atoms with Crippen molar-refractivity contribution in [2.24, 2.45) is 5.92 Å². The number of amides is 2. The second-order valence-corrected chi connectivity index (χ2v) is 5.50. The van der Waals surface area contributed by atoms with Gasteiger partial charge < -0.3 is 15.4 Å². The van der Waals surface area contributed by atoms with Crippen molar-refractivity contribution in [2.75, 3.05) is 29.9 Å². The van der Waals surface area contributed by atoms with Gasteiger partial charge in [0.1, 0.15) is 6.61 Å². The Kier molecular flexibility index (Phi) is 3.79. The lowest BCUT2D eigenvalue weighted by molar-refractivity contribution is -0.118. The summed E-state index contributed by atoms with van der Waals surface area (Å²) in [5.74, 6) is 0.308. The molecule has 0 radical (unpaired) electrons. The summed E-state index contributed by atoms with van der Waals surface area (Å²) >= 11 is 0. The fourth-order valence-electron chi connectivity index (χ4n) is 2.78. The zero-order chi connectivity index (χ0) is 14.8. The average Bonchev–Trinajstić information content (AvgIpc) is 3.07. The molecule has 2 N–H and O–H groups in total. The number of rotatable bonds is 3. The molecule has 1 aromatic carbocycles. The molecule has 6 nitrogen and oxygen atoms in total. The van der Waals surface area contributed by atoms with Crippen molar-refractivity contribution < 1.29 is 14.3 Å². The molecule has 0 bridgehead atoms. The molecule has 2 heterocycles. The summed E-state index contributed by atoms with van der Waals surface area (Å²) < 4.78 is 4.93. The van der Waals surface area contributed by atoms with Gasteiger partial charge in [-0.2, -0.15) is 0 Å². The number of hydrogen-bond acceptors (Lipinski definition) is 4. The van der Waals surface area contributed by atoms with E-state index in [1.165, 1.54) is 0 Å². The largest absolute Gasteiger partial charge is 0.447 e. The first-order chi connectivity index (χ1) is 10.1. The Labute approximate surface area is 123 Å². The van der Waals surface area contributed by atoms with Crippen molar-refractivity contribution in [3.63, 3.8) is 0 Å². The third-order valence-electron chi connectivity index (χ3n) is 4.00. The quantitative estimate of drug-likeness (QED) is 0.886. The molecular weight excluding hydrogens is 270 g/mol. The van der Waals surface area contributed by atoms with Gasteiger partial charge in [0.05, 0.1) is 12.6 Å². The van der Waals surface area contributed by atoms with Crippen molar-refractivity contribution in [2.45, 2.75) is 19.4 Å². The van der Waals surface area contributed by atoms with Crippen molar-refractivity contribution in [3.05, 3.63) is 24.3 Å². The van der Waals surface area contributed by atoms with Gasteiger partial charge in [-0.1, -0.05) is 13.0 Å². The fourth-order valence-corrected chi connectivity index (χ4v) is 2.78. The summed E-state index contributed by atoms with van der Waals surface area (Å²) in [5.41, 5.74) is 1.43. The van der Waals surface area contributed by atoms with Crippen molar-refractivity contribution in [1.29, 1.82) is 0 Å². The van der Waals surface area contributed by atoms with E-state index in [4.69, 9.17) is 4.74 Å². The van der Waals surface area contributed by atoms with Gasteiger partial charge >= 0.3 is 6.09 Å². The van der Waals surface area contributed by atoms with Gasteiger partial charge in [0.2, 0.25) is 5.91 Å². The van der Waals surface area contributed by atoms with Crippen LogP contribution in [0.2, 0.25) is 0 Å².